The summed E-state index contributed by atoms with van der Waals surface area (Å²) in [5.41, 5.74) is 1.48. The Kier molecular flexibility index (Phi) is 2.37. The summed E-state index contributed by atoms with van der Waals surface area (Å²) < 4.78 is 0. The van der Waals surface area contributed by atoms with Gasteiger partial charge in [0.1, 0.15) is 0 Å². The van der Waals surface area contributed by atoms with Gasteiger partial charge >= 0.3 is 0 Å². The molecule has 0 aromatic carbocycles. The zero-order valence-electron chi connectivity index (χ0n) is 6.18. The molecular weight excluding hydrogens is 146 g/mol. The van der Waals surface area contributed by atoms with Gasteiger partial charge in [0.2, 0.25) is 0 Å². The molecule has 0 amide bonds. The number of piperidine rings is 3. The molecule has 2 bridgehead atoms. The van der Waals surface area contributed by atoms with E-state index in [1.165, 1.54) is 38.0 Å². The molecule has 3 aliphatic heterocycles. The molecule has 10 heavy (non-hydrogen) atoms. The van der Waals surface area contributed by atoms with Crippen LogP contribution in [0.2, 0.25) is 0 Å². The summed E-state index contributed by atoms with van der Waals surface area (Å²) in [5, 5.41) is 0. The Balaban J connectivity index is 0.000000500. The lowest BCUT2D eigenvalue weighted by atomic mass is 9.85. The molecule has 0 unspecified atom stereocenters. The quantitative estimate of drug-likeness (QED) is 0.487. The SMILES string of the molecule is C=C1CN2CCC1CC2.Cl. The van der Waals surface area contributed by atoms with Crippen LogP contribution in [0.3, 0.4) is 0 Å². The van der Waals surface area contributed by atoms with E-state index in [4.69, 9.17) is 0 Å². The minimum atomic E-state index is 0. The topological polar surface area (TPSA) is 3.24 Å². The van der Waals surface area contributed by atoms with E-state index in [1.54, 1.807) is 0 Å². The maximum absolute atomic E-state index is 4.06. The van der Waals surface area contributed by atoms with Gasteiger partial charge in [0.15, 0.2) is 0 Å². The minimum absolute atomic E-state index is 0. The minimum Gasteiger partial charge on any atom is -0.299 e. The number of halogens is 1. The predicted octanol–water partition coefficient (Wildman–Crippen LogP) is 1.69. The van der Waals surface area contributed by atoms with Gasteiger partial charge in [-0.3, -0.25) is 4.90 Å². The molecule has 0 N–H and O–H groups in total. The first kappa shape index (κ1) is 8.09. The lowest BCUT2D eigenvalue weighted by Crippen LogP contribution is -2.42. The summed E-state index contributed by atoms with van der Waals surface area (Å²) in [4.78, 5) is 2.50. The van der Waals surface area contributed by atoms with Crippen molar-refractivity contribution < 1.29 is 0 Å². The van der Waals surface area contributed by atoms with Crippen LogP contribution in [0.25, 0.3) is 0 Å². The first-order valence-electron chi connectivity index (χ1n) is 3.76. The van der Waals surface area contributed by atoms with Crippen LogP contribution in [0.15, 0.2) is 12.2 Å². The van der Waals surface area contributed by atoms with Crippen LogP contribution in [-0.2, 0) is 0 Å². The second kappa shape index (κ2) is 2.93. The van der Waals surface area contributed by atoms with E-state index in [0.717, 1.165) is 5.92 Å². The molecule has 2 heteroatoms. The molecule has 0 radical (unpaired) electrons. The van der Waals surface area contributed by atoms with Gasteiger partial charge in [0, 0.05) is 6.54 Å². The van der Waals surface area contributed by atoms with E-state index >= 15 is 0 Å². The van der Waals surface area contributed by atoms with Gasteiger partial charge in [0.05, 0.1) is 0 Å². The van der Waals surface area contributed by atoms with Crippen LogP contribution < -0.4 is 0 Å². The predicted molar refractivity (Wildman–Crippen MR) is 45.6 cm³/mol. The standard InChI is InChI=1S/C8H13N.ClH/c1-7-6-9-4-2-8(7)3-5-9;/h8H,1-6H2;1H. The van der Waals surface area contributed by atoms with Crippen LogP contribution in [-0.4, -0.2) is 24.5 Å². The molecule has 0 saturated carbocycles. The molecule has 3 fully saturated rings. The summed E-state index contributed by atoms with van der Waals surface area (Å²) in [6.07, 6.45) is 2.75. The van der Waals surface area contributed by atoms with Gasteiger partial charge < -0.3 is 0 Å². The van der Waals surface area contributed by atoms with Crippen molar-refractivity contribution in [2.45, 2.75) is 12.8 Å². The normalized spacial score (nSPS) is 37.4. The van der Waals surface area contributed by atoms with Crippen LogP contribution in [0.4, 0.5) is 0 Å². The third-order valence-electron chi connectivity index (χ3n) is 2.59. The number of fused-ring (bicyclic) bond motifs is 3. The number of hydrogen-bond acceptors (Lipinski definition) is 1. The monoisotopic (exact) mass is 159 g/mol. The summed E-state index contributed by atoms with van der Waals surface area (Å²) in [5.74, 6) is 0.884. The molecule has 3 saturated heterocycles. The summed E-state index contributed by atoms with van der Waals surface area (Å²) in [6.45, 7) is 7.89. The Hall–Kier alpha value is -0.0100. The molecule has 58 valence electrons. The van der Waals surface area contributed by atoms with E-state index in [9.17, 15) is 0 Å². The lowest BCUT2D eigenvalue weighted by Gasteiger charge is -2.40. The second-order valence-electron chi connectivity index (χ2n) is 3.21. The average molecular weight is 160 g/mol. The van der Waals surface area contributed by atoms with Gasteiger partial charge in [0.25, 0.3) is 0 Å². The number of nitrogens with zero attached hydrogens (tertiary/aromatic N) is 1. The molecule has 0 spiro atoms. The first-order valence-corrected chi connectivity index (χ1v) is 3.76. The van der Waals surface area contributed by atoms with Gasteiger partial charge in [-0.05, 0) is 31.8 Å². The fraction of sp³-hybridized carbons (Fsp3) is 0.750. The molecule has 1 nitrogen and oxygen atoms in total. The smallest absolute Gasteiger partial charge is 0.0192 e. The molecule has 3 heterocycles. The summed E-state index contributed by atoms with van der Waals surface area (Å²) in [6, 6.07) is 0. The van der Waals surface area contributed by atoms with Crippen LogP contribution in [0, 0.1) is 5.92 Å². The van der Waals surface area contributed by atoms with Crippen LogP contribution >= 0.6 is 12.4 Å². The Labute approximate surface area is 68.5 Å². The van der Waals surface area contributed by atoms with E-state index < -0.39 is 0 Å². The fourth-order valence-electron chi connectivity index (χ4n) is 1.92. The highest BCUT2D eigenvalue weighted by atomic mass is 35.5. The van der Waals surface area contributed by atoms with Crippen LogP contribution in [0.5, 0.6) is 0 Å². The van der Waals surface area contributed by atoms with Crippen molar-refractivity contribution in [2.75, 3.05) is 19.6 Å². The number of rotatable bonds is 0. The number of hydrogen-bond donors (Lipinski definition) is 0. The van der Waals surface area contributed by atoms with Crippen molar-refractivity contribution in [2.24, 2.45) is 5.92 Å². The van der Waals surface area contributed by atoms with Crippen molar-refractivity contribution in [3.63, 3.8) is 0 Å². The fourth-order valence-corrected chi connectivity index (χ4v) is 1.92. The third kappa shape index (κ3) is 1.21. The van der Waals surface area contributed by atoms with E-state index in [2.05, 4.69) is 11.5 Å². The Morgan fingerprint density at radius 1 is 1.30 bits per heavy atom. The Morgan fingerprint density at radius 3 is 2.10 bits per heavy atom. The molecule has 0 aromatic rings. The van der Waals surface area contributed by atoms with Crippen molar-refractivity contribution in [1.29, 1.82) is 0 Å². The van der Waals surface area contributed by atoms with Gasteiger partial charge in [-0.15, -0.1) is 12.4 Å². The lowest BCUT2D eigenvalue weighted by molar-refractivity contribution is 0.162. The highest BCUT2D eigenvalue weighted by Gasteiger charge is 2.27. The van der Waals surface area contributed by atoms with E-state index in [1.807, 2.05) is 0 Å². The largest absolute Gasteiger partial charge is 0.299 e. The van der Waals surface area contributed by atoms with Crippen molar-refractivity contribution in [3.05, 3.63) is 12.2 Å². The van der Waals surface area contributed by atoms with Crippen LogP contribution in [0.1, 0.15) is 12.8 Å². The van der Waals surface area contributed by atoms with Crippen molar-refractivity contribution in [3.8, 4) is 0 Å². The molecule has 0 aliphatic carbocycles. The molecule has 3 aliphatic rings. The zero-order chi connectivity index (χ0) is 6.27. The molecule has 0 atom stereocenters. The first-order chi connectivity index (χ1) is 4.36. The summed E-state index contributed by atoms with van der Waals surface area (Å²) in [7, 11) is 0. The molecule has 0 aromatic heterocycles. The zero-order valence-corrected chi connectivity index (χ0v) is 6.99. The van der Waals surface area contributed by atoms with Gasteiger partial charge in [-0.2, -0.15) is 0 Å². The Morgan fingerprint density at radius 2 is 1.90 bits per heavy atom. The maximum atomic E-state index is 4.06. The average Bonchev–Trinajstić information content (AvgIpc) is 1.90. The molecule has 3 rings (SSSR count). The van der Waals surface area contributed by atoms with E-state index in [-0.39, 0.29) is 12.4 Å². The molecular formula is C8H14ClN. The summed E-state index contributed by atoms with van der Waals surface area (Å²) >= 11 is 0. The maximum Gasteiger partial charge on any atom is 0.0192 e. The Bertz CT molecular complexity index is 136. The highest BCUT2D eigenvalue weighted by Crippen LogP contribution is 2.29. The van der Waals surface area contributed by atoms with Gasteiger partial charge in [-0.1, -0.05) is 12.2 Å². The van der Waals surface area contributed by atoms with E-state index in [0.29, 0.717) is 0 Å². The second-order valence-corrected chi connectivity index (χ2v) is 3.21. The third-order valence-corrected chi connectivity index (χ3v) is 2.59. The van der Waals surface area contributed by atoms with Gasteiger partial charge in [-0.25, -0.2) is 0 Å². The van der Waals surface area contributed by atoms with Crippen molar-refractivity contribution >= 4 is 12.4 Å². The van der Waals surface area contributed by atoms with Crippen molar-refractivity contribution in [1.82, 2.24) is 4.90 Å². The highest BCUT2D eigenvalue weighted by molar-refractivity contribution is 5.85.